The molecule has 0 radical (unpaired) electrons. The molecule has 1 aromatic carbocycles. The topological polar surface area (TPSA) is 96.7 Å². The summed E-state index contributed by atoms with van der Waals surface area (Å²) in [7, 11) is 0. The van der Waals surface area contributed by atoms with Crippen LogP contribution >= 0.6 is 0 Å². The maximum atomic E-state index is 12.0. The third kappa shape index (κ3) is 6.27. The SMILES string of the molecule is CC(C)(CNC(=O)CCCNc1ccc([N+](=O)[O-])cc1)N1CCOCC1. The predicted octanol–water partition coefficient (Wildman–Crippen LogP) is 2.01. The molecule has 1 heterocycles. The Morgan fingerprint density at radius 2 is 1.92 bits per heavy atom. The summed E-state index contributed by atoms with van der Waals surface area (Å²) >= 11 is 0. The van der Waals surface area contributed by atoms with Crippen LogP contribution in [0.4, 0.5) is 11.4 Å². The molecule has 0 spiro atoms. The molecule has 1 aromatic rings. The van der Waals surface area contributed by atoms with Gasteiger partial charge in [0.1, 0.15) is 0 Å². The molecular formula is C18H28N4O4. The molecule has 0 aliphatic carbocycles. The van der Waals surface area contributed by atoms with Gasteiger partial charge in [-0.3, -0.25) is 19.8 Å². The maximum absolute atomic E-state index is 12.0. The minimum Gasteiger partial charge on any atom is -0.385 e. The van der Waals surface area contributed by atoms with E-state index in [1.165, 1.54) is 12.1 Å². The summed E-state index contributed by atoms with van der Waals surface area (Å²) in [4.78, 5) is 24.6. The summed E-state index contributed by atoms with van der Waals surface area (Å²) in [5.74, 6) is 0.0387. The summed E-state index contributed by atoms with van der Waals surface area (Å²) in [5, 5.41) is 16.8. The van der Waals surface area contributed by atoms with Gasteiger partial charge in [-0.1, -0.05) is 0 Å². The first-order chi connectivity index (χ1) is 12.4. The second-order valence-electron chi connectivity index (χ2n) is 7.02. The van der Waals surface area contributed by atoms with Crippen LogP contribution in [0.3, 0.4) is 0 Å². The smallest absolute Gasteiger partial charge is 0.269 e. The van der Waals surface area contributed by atoms with Gasteiger partial charge < -0.3 is 15.4 Å². The lowest BCUT2D eigenvalue weighted by Gasteiger charge is -2.40. The number of anilines is 1. The first-order valence-electron chi connectivity index (χ1n) is 8.96. The Kier molecular flexibility index (Phi) is 7.35. The number of nitrogens with one attached hydrogen (secondary N) is 2. The Hall–Kier alpha value is -2.19. The zero-order valence-electron chi connectivity index (χ0n) is 15.5. The van der Waals surface area contributed by atoms with Crippen molar-refractivity contribution >= 4 is 17.3 Å². The first-order valence-corrected chi connectivity index (χ1v) is 8.96. The van der Waals surface area contributed by atoms with E-state index in [1.54, 1.807) is 12.1 Å². The van der Waals surface area contributed by atoms with Gasteiger partial charge in [0, 0.05) is 56.0 Å². The quantitative estimate of drug-likeness (QED) is 0.395. The van der Waals surface area contributed by atoms with E-state index in [-0.39, 0.29) is 17.1 Å². The van der Waals surface area contributed by atoms with E-state index >= 15 is 0 Å². The molecule has 1 aliphatic rings. The Morgan fingerprint density at radius 1 is 1.27 bits per heavy atom. The highest BCUT2D eigenvalue weighted by molar-refractivity contribution is 5.76. The number of nitrogens with zero attached hydrogens (tertiary/aromatic N) is 2. The molecule has 0 atom stereocenters. The van der Waals surface area contributed by atoms with Gasteiger partial charge in [-0.05, 0) is 32.4 Å². The van der Waals surface area contributed by atoms with Gasteiger partial charge in [0.05, 0.1) is 18.1 Å². The van der Waals surface area contributed by atoms with E-state index in [0.29, 0.717) is 25.9 Å². The summed E-state index contributed by atoms with van der Waals surface area (Å²) in [6, 6.07) is 6.26. The Balaban J connectivity index is 1.63. The lowest BCUT2D eigenvalue weighted by molar-refractivity contribution is -0.384. The van der Waals surface area contributed by atoms with Crippen LogP contribution in [-0.2, 0) is 9.53 Å². The van der Waals surface area contributed by atoms with Crippen LogP contribution in [0.1, 0.15) is 26.7 Å². The fourth-order valence-corrected chi connectivity index (χ4v) is 2.87. The summed E-state index contributed by atoms with van der Waals surface area (Å²) in [6.45, 7) is 8.78. The van der Waals surface area contributed by atoms with Gasteiger partial charge in [-0.2, -0.15) is 0 Å². The lowest BCUT2D eigenvalue weighted by Crippen LogP contribution is -2.55. The number of rotatable bonds is 9. The van der Waals surface area contributed by atoms with Crippen LogP contribution in [0, 0.1) is 10.1 Å². The molecule has 144 valence electrons. The van der Waals surface area contributed by atoms with Crippen molar-refractivity contribution in [1.29, 1.82) is 0 Å². The number of carbonyl (C=O) groups excluding carboxylic acids is 1. The predicted molar refractivity (Wildman–Crippen MR) is 100 cm³/mol. The third-order valence-corrected chi connectivity index (χ3v) is 4.57. The molecule has 1 amide bonds. The standard InChI is InChI=1S/C18H28N4O4/c1-18(2,21-10-12-26-13-11-21)14-20-17(23)4-3-9-19-15-5-7-16(8-6-15)22(24)25/h5-8,19H,3-4,9-14H2,1-2H3,(H,20,23). The van der Waals surface area contributed by atoms with Gasteiger partial charge in [0.2, 0.25) is 5.91 Å². The number of hydrogen-bond donors (Lipinski definition) is 2. The number of amides is 1. The van der Waals surface area contributed by atoms with E-state index in [9.17, 15) is 14.9 Å². The molecule has 0 aromatic heterocycles. The molecular weight excluding hydrogens is 336 g/mol. The monoisotopic (exact) mass is 364 g/mol. The zero-order valence-corrected chi connectivity index (χ0v) is 15.5. The van der Waals surface area contributed by atoms with Crippen molar-refractivity contribution < 1.29 is 14.5 Å². The molecule has 0 unspecified atom stereocenters. The number of non-ortho nitro benzene ring substituents is 1. The van der Waals surface area contributed by atoms with E-state index in [1.807, 2.05) is 0 Å². The van der Waals surface area contributed by atoms with Crippen LogP contribution in [0.25, 0.3) is 0 Å². The number of hydrogen-bond acceptors (Lipinski definition) is 6. The number of nitro groups is 1. The minimum absolute atomic E-state index is 0.0387. The fraction of sp³-hybridized carbons (Fsp3) is 0.611. The molecule has 8 heteroatoms. The molecule has 1 aliphatic heterocycles. The number of carbonyl (C=O) groups is 1. The average Bonchev–Trinajstić information content (AvgIpc) is 2.65. The summed E-state index contributed by atoms with van der Waals surface area (Å²) in [5.41, 5.74) is 0.790. The van der Waals surface area contributed by atoms with Crippen molar-refractivity contribution in [3.8, 4) is 0 Å². The van der Waals surface area contributed by atoms with Gasteiger partial charge in [-0.15, -0.1) is 0 Å². The summed E-state index contributed by atoms with van der Waals surface area (Å²) < 4.78 is 5.37. The Labute approximate surface area is 154 Å². The third-order valence-electron chi connectivity index (χ3n) is 4.57. The maximum Gasteiger partial charge on any atom is 0.269 e. The van der Waals surface area contributed by atoms with Crippen molar-refractivity contribution in [2.24, 2.45) is 0 Å². The Bertz CT molecular complexity index is 598. The molecule has 1 fully saturated rings. The Morgan fingerprint density at radius 3 is 2.54 bits per heavy atom. The van der Waals surface area contributed by atoms with Crippen LogP contribution in [0.5, 0.6) is 0 Å². The van der Waals surface area contributed by atoms with E-state index < -0.39 is 4.92 Å². The van der Waals surface area contributed by atoms with Crippen molar-refractivity contribution in [3.05, 3.63) is 34.4 Å². The molecule has 0 saturated carbocycles. The highest BCUT2D eigenvalue weighted by Gasteiger charge is 2.28. The normalized spacial score (nSPS) is 15.5. The van der Waals surface area contributed by atoms with Crippen LogP contribution in [0.15, 0.2) is 24.3 Å². The highest BCUT2D eigenvalue weighted by Crippen LogP contribution is 2.16. The van der Waals surface area contributed by atoms with E-state index in [0.717, 1.165) is 32.0 Å². The van der Waals surface area contributed by atoms with E-state index in [2.05, 4.69) is 29.4 Å². The van der Waals surface area contributed by atoms with Gasteiger partial charge in [0.25, 0.3) is 5.69 Å². The van der Waals surface area contributed by atoms with Gasteiger partial charge >= 0.3 is 0 Å². The van der Waals surface area contributed by atoms with Crippen molar-refractivity contribution in [2.75, 3.05) is 44.7 Å². The molecule has 26 heavy (non-hydrogen) atoms. The number of ether oxygens (including phenoxy) is 1. The van der Waals surface area contributed by atoms with Crippen LogP contribution in [0.2, 0.25) is 0 Å². The minimum atomic E-state index is -0.424. The van der Waals surface area contributed by atoms with Crippen molar-refractivity contribution in [3.63, 3.8) is 0 Å². The number of morpholine rings is 1. The number of nitro benzene ring substituents is 1. The largest absolute Gasteiger partial charge is 0.385 e. The molecule has 2 N–H and O–H groups in total. The number of benzene rings is 1. The zero-order chi connectivity index (χ0) is 19.0. The van der Waals surface area contributed by atoms with Crippen LogP contribution in [-0.4, -0.2) is 60.7 Å². The van der Waals surface area contributed by atoms with Crippen molar-refractivity contribution in [2.45, 2.75) is 32.2 Å². The van der Waals surface area contributed by atoms with E-state index in [4.69, 9.17) is 4.74 Å². The molecule has 2 rings (SSSR count). The lowest BCUT2D eigenvalue weighted by atomic mass is 10.0. The van der Waals surface area contributed by atoms with Crippen LogP contribution < -0.4 is 10.6 Å². The first kappa shape index (κ1) is 20.1. The van der Waals surface area contributed by atoms with Gasteiger partial charge in [-0.25, -0.2) is 0 Å². The average molecular weight is 364 g/mol. The molecule has 0 bridgehead atoms. The van der Waals surface area contributed by atoms with Gasteiger partial charge in [0.15, 0.2) is 0 Å². The fourth-order valence-electron chi connectivity index (χ4n) is 2.87. The van der Waals surface area contributed by atoms with Crippen molar-refractivity contribution in [1.82, 2.24) is 10.2 Å². The molecule has 8 nitrogen and oxygen atoms in total. The molecule has 1 saturated heterocycles. The second-order valence-corrected chi connectivity index (χ2v) is 7.02. The second kappa shape index (κ2) is 9.49. The summed E-state index contributed by atoms with van der Waals surface area (Å²) in [6.07, 6.45) is 1.14. The highest BCUT2D eigenvalue weighted by atomic mass is 16.6.